The summed E-state index contributed by atoms with van der Waals surface area (Å²) < 4.78 is 5.96. The van der Waals surface area contributed by atoms with Crippen LogP contribution in [0.25, 0.3) is 11.1 Å². The number of rotatable bonds is 2. The number of H-pyrrole nitrogens is 1. The van der Waals surface area contributed by atoms with Crippen LogP contribution in [0.1, 0.15) is 5.56 Å². The van der Waals surface area contributed by atoms with E-state index in [2.05, 4.69) is 26.2 Å². The molecule has 0 spiro atoms. The number of aromatic amines is 1. The van der Waals surface area contributed by atoms with Crippen LogP contribution in [-0.4, -0.2) is 12.0 Å². The molecule has 2 rings (SSSR count). The molecule has 1 aromatic carbocycles. The molecule has 0 bridgehead atoms. The van der Waals surface area contributed by atoms with Gasteiger partial charge in [0.05, 0.1) is 5.52 Å². The molecule has 0 saturated heterocycles. The van der Waals surface area contributed by atoms with Crippen LogP contribution in [-0.2, 0) is 6.54 Å². The minimum Gasteiger partial charge on any atom is -0.408 e. The summed E-state index contributed by atoms with van der Waals surface area (Å²) >= 11 is 3.37. The van der Waals surface area contributed by atoms with E-state index in [1.54, 1.807) is 0 Å². The highest BCUT2D eigenvalue weighted by Crippen LogP contribution is 2.21. The first-order valence-corrected chi connectivity index (χ1v) is 4.96. The van der Waals surface area contributed by atoms with Crippen LogP contribution in [0.3, 0.4) is 0 Å². The molecule has 74 valence electrons. The minimum atomic E-state index is -0.421. The van der Waals surface area contributed by atoms with Crippen molar-refractivity contribution in [3.8, 4) is 0 Å². The van der Waals surface area contributed by atoms with Gasteiger partial charge >= 0.3 is 5.76 Å². The second-order valence-corrected chi connectivity index (χ2v) is 3.90. The summed E-state index contributed by atoms with van der Waals surface area (Å²) in [7, 11) is 1.84. The molecule has 0 unspecified atom stereocenters. The SMILES string of the molecule is CNCc1cc(Br)cc2[nH]c(=O)oc12. The first kappa shape index (κ1) is 9.48. The van der Waals surface area contributed by atoms with Gasteiger partial charge in [0.25, 0.3) is 0 Å². The highest BCUT2D eigenvalue weighted by atomic mass is 79.9. The van der Waals surface area contributed by atoms with Crippen molar-refractivity contribution < 1.29 is 4.42 Å². The molecule has 5 heteroatoms. The fourth-order valence-electron chi connectivity index (χ4n) is 1.41. The number of halogens is 1. The van der Waals surface area contributed by atoms with E-state index in [0.29, 0.717) is 12.1 Å². The number of hydrogen-bond acceptors (Lipinski definition) is 3. The number of aromatic nitrogens is 1. The molecule has 1 aromatic heterocycles. The number of hydrogen-bond donors (Lipinski definition) is 2. The van der Waals surface area contributed by atoms with Crippen LogP contribution in [0.4, 0.5) is 0 Å². The number of nitrogens with one attached hydrogen (secondary N) is 2. The monoisotopic (exact) mass is 256 g/mol. The van der Waals surface area contributed by atoms with E-state index in [1.807, 2.05) is 19.2 Å². The Balaban J connectivity index is 2.72. The molecule has 0 atom stereocenters. The van der Waals surface area contributed by atoms with Crippen molar-refractivity contribution in [1.29, 1.82) is 0 Å². The van der Waals surface area contributed by atoms with Gasteiger partial charge in [0.1, 0.15) is 0 Å². The Morgan fingerprint density at radius 3 is 3.07 bits per heavy atom. The minimum absolute atomic E-state index is 0.421. The second-order valence-electron chi connectivity index (χ2n) is 2.99. The maximum absolute atomic E-state index is 11.0. The zero-order chi connectivity index (χ0) is 10.1. The summed E-state index contributed by atoms with van der Waals surface area (Å²) in [4.78, 5) is 13.6. The van der Waals surface area contributed by atoms with Gasteiger partial charge in [-0.15, -0.1) is 0 Å². The molecule has 0 aliphatic rings. The molecule has 2 N–H and O–H groups in total. The van der Waals surface area contributed by atoms with E-state index < -0.39 is 5.76 Å². The van der Waals surface area contributed by atoms with Gasteiger partial charge in [-0.05, 0) is 19.2 Å². The second kappa shape index (κ2) is 3.59. The Bertz CT molecular complexity index is 515. The lowest BCUT2D eigenvalue weighted by molar-refractivity contribution is 0.550. The van der Waals surface area contributed by atoms with Gasteiger partial charge in [0.15, 0.2) is 5.58 Å². The number of fused-ring (bicyclic) bond motifs is 1. The fraction of sp³-hybridized carbons (Fsp3) is 0.222. The van der Waals surface area contributed by atoms with Crippen molar-refractivity contribution >= 4 is 27.0 Å². The van der Waals surface area contributed by atoms with Gasteiger partial charge < -0.3 is 9.73 Å². The Kier molecular flexibility index (Phi) is 2.43. The van der Waals surface area contributed by atoms with E-state index in [4.69, 9.17) is 4.42 Å². The van der Waals surface area contributed by atoms with Crippen LogP contribution in [0, 0.1) is 0 Å². The molecule has 4 nitrogen and oxygen atoms in total. The first-order chi connectivity index (χ1) is 6.70. The first-order valence-electron chi connectivity index (χ1n) is 4.16. The predicted octanol–water partition coefficient (Wildman–Crippen LogP) is 1.60. The maximum Gasteiger partial charge on any atom is 0.417 e. The molecule has 0 aliphatic carbocycles. The Morgan fingerprint density at radius 1 is 1.57 bits per heavy atom. The van der Waals surface area contributed by atoms with E-state index in [-0.39, 0.29) is 0 Å². The Hall–Kier alpha value is -1.07. The van der Waals surface area contributed by atoms with Crippen molar-refractivity contribution in [3.63, 3.8) is 0 Å². The van der Waals surface area contributed by atoms with Gasteiger partial charge in [-0.25, -0.2) is 4.79 Å². The Morgan fingerprint density at radius 2 is 2.36 bits per heavy atom. The summed E-state index contributed by atoms with van der Waals surface area (Å²) in [6.45, 7) is 0.663. The van der Waals surface area contributed by atoms with E-state index in [1.165, 1.54) is 0 Å². The third kappa shape index (κ3) is 1.60. The van der Waals surface area contributed by atoms with E-state index in [0.717, 1.165) is 15.6 Å². The zero-order valence-electron chi connectivity index (χ0n) is 7.56. The summed E-state index contributed by atoms with van der Waals surface area (Å²) in [5.74, 6) is -0.421. The largest absolute Gasteiger partial charge is 0.417 e. The van der Waals surface area contributed by atoms with Crippen molar-refractivity contribution in [2.24, 2.45) is 0 Å². The normalized spacial score (nSPS) is 11.0. The summed E-state index contributed by atoms with van der Waals surface area (Å²) in [5, 5.41) is 3.02. The smallest absolute Gasteiger partial charge is 0.408 e. The van der Waals surface area contributed by atoms with Crippen molar-refractivity contribution in [1.82, 2.24) is 10.3 Å². The van der Waals surface area contributed by atoms with Crippen molar-refractivity contribution in [2.75, 3.05) is 7.05 Å². The molecule has 0 aliphatic heterocycles. The Labute approximate surface area is 88.4 Å². The highest BCUT2D eigenvalue weighted by molar-refractivity contribution is 9.10. The van der Waals surface area contributed by atoms with Gasteiger partial charge in [-0.1, -0.05) is 15.9 Å². The van der Waals surface area contributed by atoms with Crippen LogP contribution in [0.2, 0.25) is 0 Å². The quantitative estimate of drug-likeness (QED) is 0.859. The summed E-state index contributed by atoms with van der Waals surface area (Å²) in [6, 6.07) is 3.75. The van der Waals surface area contributed by atoms with Crippen LogP contribution in [0.5, 0.6) is 0 Å². The summed E-state index contributed by atoms with van der Waals surface area (Å²) in [5.41, 5.74) is 2.29. The van der Waals surface area contributed by atoms with Gasteiger partial charge in [0, 0.05) is 16.6 Å². The zero-order valence-corrected chi connectivity index (χ0v) is 9.14. The maximum atomic E-state index is 11.0. The third-order valence-corrected chi connectivity index (χ3v) is 2.39. The van der Waals surface area contributed by atoms with E-state index in [9.17, 15) is 4.79 Å². The molecule has 0 amide bonds. The summed E-state index contributed by atoms with van der Waals surface area (Å²) in [6.07, 6.45) is 0. The number of oxazole rings is 1. The van der Waals surface area contributed by atoms with E-state index >= 15 is 0 Å². The molecule has 2 aromatic rings. The molecule has 0 fully saturated rings. The highest BCUT2D eigenvalue weighted by Gasteiger charge is 2.07. The molecule has 1 heterocycles. The average molecular weight is 257 g/mol. The van der Waals surface area contributed by atoms with Crippen molar-refractivity contribution in [2.45, 2.75) is 6.54 Å². The third-order valence-electron chi connectivity index (χ3n) is 1.93. The van der Waals surface area contributed by atoms with Crippen LogP contribution >= 0.6 is 15.9 Å². The topological polar surface area (TPSA) is 58.0 Å². The molecule has 0 radical (unpaired) electrons. The predicted molar refractivity (Wildman–Crippen MR) is 57.3 cm³/mol. The molecule has 14 heavy (non-hydrogen) atoms. The molecular formula is C9H9BrN2O2. The van der Waals surface area contributed by atoms with Gasteiger partial charge in [-0.3, -0.25) is 4.98 Å². The average Bonchev–Trinajstić information content (AvgIpc) is 2.45. The lowest BCUT2D eigenvalue weighted by atomic mass is 10.2. The standard InChI is InChI=1S/C9H9BrN2O2/c1-11-4-5-2-6(10)3-7-8(5)14-9(13)12-7/h2-3,11H,4H2,1H3,(H,12,13). The fourth-order valence-corrected chi connectivity index (χ4v) is 1.92. The van der Waals surface area contributed by atoms with Crippen LogP contribution in [0.15, 0.2) is 25.8 Å². The lowest BCUT2D eigenvalue weighted by Crippen LogP contribution is -2.05. The molecule has 0 saturated carbocycles. The lowest BCUT2D eigenvalue weighted by Gasteiger charge is -2.00. The van der Waals surface area contributed by atoms with Gasteiger partial charge in [0.2, 0.25) is 0 Å². The van der Waals surface area contributed by atoms with Crippen LogP contribution < -0.4 is 11.1 Å². The molecular weight excluding hydrogens is 248 g/mol. The number of benzene rings is 1. The van der Waals surface area contributed by atoms with Gasteiger partial charge in [-0.2, -0.15) is 0 Å². The van der Waals surface area contributed by atoms with Crippen molar-refractivity contribution in [3.05, 3.63) is 32.7 Å².